The van der Waals surface area contributed by atoms with Crippen molar-refractivity contribution in [2.24, 2.45) is 0 Å². The molecule has 0 spiro atoms. The van der Waals surface area contributed by atoms with Gasteiger partial charge in [0.15, 0.2) is 0 Å². The summed E-state index contributed by atoms with van der Waals surface area (Å²) in [6, 6.07) is 20.3. The SMILES string of the molecule is CCOC(=O)N(c1cccc2ccccc12)c1c(C(=O)O)cc(C(=O)O)c2ccccc12. The maximum Gasteiger partial charge on any atom is 0.418 e. The summed E-state index contributed by atoms with van der Waals surface area (Å²) < 4.78 is 5.30. The second-order valence-electron chi connectivity index (χ2n) is 7.01. The quantitative estimate of drug-likeness (QED) is 0.423. The van der Waals surface area contributed by atoms with Crippen LogP contribution < -0.4 is 4.90 Å². The number of fused-ring (bicyclic) bond motifs is 2. The average Bonchev–Trinajstić information content (AvgIpc) is 2.79. The predicted octanol–water partition coefficient (Wildman–Crippen LogP) is 5.68. The zero-order valence-corrected chi connectivity index (χ0v) is 17.1. The minimum atomic E-state index is -1.36. The van der Waals surface area contributed by atoms with E-state index in [1.807, 2.05) is 30.3 Å². The van der Waals surface area contributed by atoms with Crippen molar-refractivity contribution in [3.05, 3.63) is 83.9 Å². The zero-order valence-electron chi connectivity index (χ0n) is 17.1. The second kappa shape index (κ2) is 8.39. The molecule has 0 saturated carbocycles. The van der Waals surface area contributed by atoms with E-state index in [9.17, 15) is 24.6 Å². The molecule has 32 heavy (non-hydrogen) atoms. The Morgan fingerprint density at radius 2 is 1.38 bits per heavy atom. The highest BCUT2D eigenvalue weighted by Gasteiger charge is 2.30. The molecular formula is C25H19NO6. The molecule has 4 aromatic rings. The Labute approximate surface area is 183 Å². The first-order valence-electron chi connectivity index (χ1n) is 9.91. The van der Waals surface area contributed by atoms with E-state index in [-0.39, 0.29) is 23.4 Å². The molecule has 4 aromatic carbocycles. The number of carbonyl (C=O) groups excluding carboxylic acids is 1. The molecule has 0 heterocycles. The van der Waals surface area contributed by atoms with Crippen molar-refractivity contribution in [3.8, 4) is 0 Å². The van der Waals surface area contributed by atoms with Crippen LogP contribution in [0, 0.1) is 0 Å². The third-order valence-corrected chi connectivity index (χ3v) is 5.16. The van der Waals surface area contributed by atoms with Crippen LogP contribution in [-0.2, 0) is 4.74 Å². The lowest BCUT2D eigenvalue weighted by Gasteiger charge is -2.27. The van der Waals surface area contributed by atoms with Crippen molar-refractivity contribution >= 4 is 51.0 Å². The largest absolute Gasteiger partial charge is 0.478 e. The Morgan fingerprint density at radius 1 is 0.781 bits per heavy atom. The van der Waals surface area contributed by atoms with Gasteiger partial charge in [0.1, 0.15) is 0 Å². The minimum Gasteiger partial charge on any atom is -0.478 e. The Morgan fingerprint density at radius 3 is 2.03 bits per heavy atom. The number of amides is 1. The van der Waals surface area contributed by atoms with Crippen LogP contribution in [-0.4, -0.2) is 34.9 Å². The lowest BCUT2D eigenvalue weighted by Crippen LogP contribution is -2.29. The molecule has 0 aliphatic carbocycles. The number of carboxylic acids is 2. The normalized spacial score (nSPS) is 10.8. The number of hydrogen-bond acceptors (Lipinski definition) is 4. The predicted molar refractivity (Wildman–Crippen MR) is 121 cm³/mol. The number of nitrogens with zero attached hydrogens (tertiary/aromatic N) is 1. The van der Waals surface area contributed by atoms with Crippen LogP contribution in [0.25, 0.3) is 21.5 Å². The fourth-order valence-corrected chi connectivity index (χ4v) is 3.84. The number of carbonyl (C=O) groups is 3. The number of carboxylic acid groups (broad SMARTS) is 2. The summed E-state index contributed by atoms with van der Waals surface area (Å²) in [6.07, 6.45) is -0.764. The van der Waals surface area contributed by atoms with Gasteiger partial charge in [-0.2, -0.15) is 0 Å². The van der Waals surface area contributed by atoms with Gasteiger partial charge >= 0.3 is 18.0 Å². The third-order valence-electron chi connectivity index (χ3n) is 5.16. The maximum atomic E-state index is 13.2. The molecule has 1 amide bonds. The highest BCUT2D eigenvalue weighted by molar-refractivity contribution is 6.19. The van der Waals surface area contributed by atoms with Gasteiger partial charge in [-0.05, 0) is 29.8 Å². The van der Waals surface area contributed by atoms with Gasteiger partial charge in [-0.15, -0.1) is 0 Å². The number of rotatable bonds is 5. The van der Waals surface area contributed by atoms with Gasteiger partial charge in [-0.25, -0.2) is 19.3 Å². The van der Waals surface area contributed by atoms with Crippen molar-refractivity contribution < 1.29 is 29.3 Å². The van der Waals surface area contributed by atoms with Crippen LogP contribution in [0.3, 0.4) is 0 Å². The van der Waals surface area contributed by atoms with Gasteiger partial charge in [0.2, 0.25) is 0 Å². The molecule has 0 saturated heterocycles. The maximum absolute atomic E-state index is 13.2. The monoisotopic (exact) mass is 429 g/mol. The first kappa shape index (κ1) is 20.9. The van der Waals surface area contributed by atoms with Gasteiger partial charge in [-0.1, -0.05) is 60.7 Å². The smallest absolute Gasteiger partial charge is 0.418 e. The van der Waals surface area contributed by atoms with Gasteiger partial charge in [0, 0.05) is 10.8 Å². The fraction of sp³-hybridized carbons (Fsp3) is 0.0800. The van der Waals surface area contributed by atoms with Gasteiger partial charge in [0.05, 0.1) is 29.1 Å². The summed E-state index contributed by atoms with van der Waals surface area (Å²) >= 11 is 0. The van der Waals surface area contributed by atoms with E-state index in [0.29, 0.717) is 21.8 Å². The number of hydrogen-bond donors (Lipinski definition) is 2. The Kier molecular flexibility index (Phi) is 5.47. The van der Waals surface area contributed by atoms with Crippen LogP contribution in [0.4, 0.5) is 16.2 Å². The van der Waals surface area contributed by atoms with Gasteiger partial charge < -0.3 is 14.9 Å². The van der Waals surface area contributed by atoms with E-state index in [2.05, 4.69) is 0 Å². The molecule has 0 radical (unpaired) electrons. The standard InChI is InChI=1S/C25H19NO6/c1-2-32-25(31)26(21-13-7-9-15-8-3-4-10-16(15)21)22-18-12-6-5-11-17(18)19(23(27)28)14-20(22)24(29)30/h3-14H,2H2,1H3,(H,27,28)(H,29,30). The topological polar surface area (TPSA) is 104 Å². The number of benzene rings is 4. The van der Waals surface area contributed by atoms with E-state index in [1.165, 1.54) is 4.90 Å². The number of anilines is 2. The molecule has 0 atom stereocenters. The van der Waals surface area contributed by atoms with Crippen molar-refractivity contribution in [3.63, 3.8) is 0 Å². The van der Waals surface area contributed by atoms with Crippen LogP contribution in [0.1, 0.15) is 27.6 Å². The van der Waals surface area contributed by atoms with Crippen molar-refractivity contribution in [1.82, 2.24) is 0 Å². The van der Waals surface area contributed by atoms with Crippen LogP contribution in [0.5, 0.6) is 0 Å². The molecule has 2 N–H and O–H groups in total. The average molecular weight is 429 g/mol. The fourth-order valence-electron chi connectivity index (χ4n) is 3.84. The molecule has 0 fully saturated rings. The van der Waals surface area contributed by atoms with E-state index in [4.69, 9.17) is 4.74 Å². The summed E-state index contributed by atoms with van der Waals surface area (Å²) in [6.45, 7) is 1.73. The highest BCUT2D eigenvalue weighted by Crippen LogP contribution is 2.40. The van der Waals surface area contributed by atoms with Crippen LogP contribution in [0.2, 0.25) is 0 Å². The van der Waals surface area contributed by atoms with Crippen molar-refractivity contribution in [2.75, 3.05) is 11.5 Å². The molecule has 0 aliphatic heterocycles. The van der Waals surface area contributed by atoms with Gasteiger partial charge in [-0.3, -0.25) is 0 Å². The first-order valence-corrected chi connectivity index (χ1v) is 9.91. The summed E-state index contributed by atoms with van der Waals surface area (Å²) in [5.74, 6) is -2.62. The first-order chi connectivity index (χ1) is 15.4. The van der Waals surface area contributed by atoms with Crippen molar-refractivity contribution in [1.29, 1.82) is 0 Å². The molecule has 0 unspecified atom stereocenters. The zero-order chi connectivity index (χ0) is 22.8. The van der Waals surface area contributed by atoms with Crippen LogP contribution >= 0.6 is 0 Å². The third kappa shape index (κ3) is 3.50. The lowest BCUT2D eigenvalue weighted by molar-refractivity contribution is 0.0696. The van der Waals surface area contributed by atoms with E-state index < -0.39 is 18.0 Å². The summed E-state index contributed by atoms with van der Waals surface area (Å²) in [5.41, 5.74) is -0.00394. The molecule has 160 valence electrons. The molecule has 0 aliphatic rings. The van der Waals surface area contributed by atoms with E-state index in [1.54, 1.807) is 43.3 Å². The Balaban J connectivity index is 2.15. The summed E-state index contributed by atoms with van der Waals surface area (Å²) in [5, 5.41) is 21.8. The molecule has 0 bridgehead atoms. The van der Waals surface area contributed by atoms with E-state index in [0.717, 1.165) is 11.5 Å². The molecule has 7 heteroatoms. The van der Waals surface area contributed by atoms with E-state index >= 15 is 0 Å². The number of aromatic carboxylic acids is 2. The Hall–Kier alpha value is -4.39. The number of ether oxygens (including phenoxy) is 1. The van der Waals surface area contributed by atoms with Gasteiger partial charge in [0.25, 0.3) is 0 Å². The second-order valence-corrected chi connectivity index (χ2v) is 7.01. The van der Waals surface area contributed by atoms with Crippen molar-refractivity contribution in [2.45, 2.75) is 6.92 Å². The molecule has 0 aromatic heterocycles. The minimum absolute atomic E-state index is 0.0490. The summed E-state index contributed by atoms with van der Waals surface area (Å²) in [4.78, 5) is 38.5. The van der Waals surface area contributed by atoms with Crippen LogP contribution in [0.15, 0.2) is 72.8 Å². The lowest BCUT2D eigenvalue weighted by atomic mass is 9.96. The highest BCUT2D eigenvalue weighted by atomic mass is 16.6. The molecule has 7 nitrogen and oxygen atoms in total. The molecule has 4 rings (SSSR count). The Bertz CT molecular complexity index is 1370. The summed E-state index contributed by atoms with van der Waals surface area (Å²) in [7, 11) is 0. The molecular weight excluding hydrogens is 410 g/mol.